The van der Waals surface area contributed by atoms with Crippen LogP contribution in [0, 0.1) is 0 Å². The predicted molar refractivity (Wildman–Crippen MR) is 121 cm³/mol. The second-order valence-corrected chi connectivity index (χ2v) is 8.88. The van der Waals surface area contributed by atoms with Crippen LogP contribution in [0.2, 0.25) is 0 Å². The number of hydrogen-bond donors (Lipinski definition) is 0. The van der Waals surface area contributed by atoms with E-state index in [4.69, 9.17) is 9.72 Å². The van der Waals surface area contributed by atoms with Crippen molar-refractivity contribution in [1.29, 1.82) is 0 Å². The molecule has 0 N–H and O–H groups in total. The molecule has 4 rings (SSSR count). The van der Waals surface area contributed by atoms with Crippen molar-refractivity contribution in [1.82, 2.24) is 14.1 Å². The topological polar surface area (TPSA) is 83.2 Å². The van der Waals surface area contributed by atoms with Gasteiger partial charge in [0.15, 0.2) is 0 Å². The smallest absolute Gasteiger partial charge is 0.330 e. The predicted octanol–water partition coefficient (Wildman–Crippen LogP) is 3.22. The number of carbonyl (C=O) groups is 1. The molecule has 9 heteroatoms. The third-order valence-corrected chi connectivity index (χ3v) is 6.76. The fourth-order valence-corrected chi connectivity index (χ4v) is 4.91. The summed E-state index contributed by atoms with van der Waals surface area (Å²) in [6.45, 7) is -0.153. The summed E-state index contributed by atoms with van der Waals surface area (Å²) in [7, 11) is 2.94. The molecule has 158 valence electrons. The lowest BCUT2D eigenvalue weighted by Gasteiger charge is -2.10. The largest absolute Gasteiger partial charge is 0.459 e. The van der Waals surface area contributed by atoms with Crippen molar-refractivity contribution >= 4 is 28.6 Å². The fraction of sp³-hybridized carbons (Fsp3) is 0.182. The second-order valence-electron chi connectivity index (χ2n) is 6.85. The molecule has 0 radical (unpaired) electrons. The van der Waals surface area contributed by atoms with Crippen LogP contribution in [-0.4, -0.2) is 20.1 Å². The number of carbonyl (C=O) groups excluding carboxylic acids is 1. The summed E-state index contributed by atoms with van der Waals surface area (Å²) < 4.78 is 7.68. The maximum Gasteiger partial charge on any atom is 0.330 e. The lowest BCUT2D eigenvalue weighted by molar-refractivity contribution is -0.144. The molecule has 0 aliphatic rings. The number of esters is 1. The zero-order valence-corrected chi connectivity index (χ0v) is 18.5. The number of thiazole rings is 1. The van der Waals surface area contributed by atoms with Gasteiger partial charge in [-0.3, -0.25) is 18.7 Å². The minimum Gasteiger partial charge on any atom is -0.459 e. The molecule has 3 aromatic heterocycles. The highest BCUT2D eigenvalue weighted by atomic mass is 32.1. The van der Waals surface area contributed by atoms with Crippen molar-refractivity contribution in [2.45, 2.75) is 13.0 Å². The van der Waals surface area contributed by atoms with Crippen LogP contribution in [0.25, 0.3) is 21.1 Å². The highest BCUT2D eigenvalue weighted by Crippen LogP contribution is 2.36. The number of benzene rings is 1. The Morgan fingerprint density at radius 3 is 2.55 bits per heavy atom. The maximum atomic E-state index is 12.6. The molecule has 4 aromatic rings. The normalized spacial score (nSPS) is 10.9. The molecule has 0 atom stereocenters. The average Bonchev–Trinajstić information content (AvgIpc) is 3.44. The first-order valence-corrected chi connectivity index (χ1v) is 11.1. The van der Waals surface area contributed by atoms with Gasteiger partial charge in [-0.15, -0.1) is 22.7 Å². The molecule has 0 spiro atoms. The van der Waals surface area contributed by atoms with Crippen LogP contribution in [0.5, 0.6) is 0 Å². The minimum absolute atomic E-state index is 0.0521. The van der Waals surface area contributed by atoms with Gasteiger partial charge in [0.2, 0.25) is 0 Å². The van der Waals surface area contributed by atoms with Gasteiger partial charge in [0.05, 0.1) is 22.7 Å². The lowest BCUT2D eigenvalue weighted by atomic mass is 10.2. The van der Waals surface area contributed by atoms with Gasteiger partial charge in [0, 0.05) is 30.6 Å². The molecule has 0 bridgehead atoms. The lowest BCUT2D eigenvalue weighted by Crippen LogP contribution is -2.38. The number of thiophene rings is 1. The first-order valence-electron chi connectivity index (χ1n) is 9.44. The molecule has 0 saturated carbocycles. The molecule has 7 nitrogen and oxygen atoms in total. The van der Waals surface area contributed by atoms with E-state index in [0.29, 0.717) is 5.69 Å². The van der Waals surface area contributed by atoms with Gasteiger partial charge in [-0.25, -0.2) is 9.78 Å². The van der Waals surface area contributed by atoms with E-state index >= 15 is 0 Å². The summed E-state index contributed by atoms with van der Waals surface area (Å²) in [5, 5.41) is 2.80. The van der Waals surface area contributed by atoms with E-state index < -0.39 is 17.2 Å². The third-order valence-electron chi connectivity index (χ3n) is 4.78. The summed E-state index contributed by atoms with van der Waals surface area (Å²) >= 11 is 3.02. The van der Waals surface area contributed by atoms with E-state index in [9.17, 15) is 14.4 Å². The Bertz CT molecular complexity index is 1340. The zero-order chi connectivity index (χ0) is 22.0. The third kappa shape index (κ3) is 4.42. The van der Waals surface area contributed by atoms with Crippen molar-refractivity contribution in [3.63, 3.8) is 0 Å². The van der Waals surface area contributed by atoms with Crippen molar-refractivity contribution in [2.75, 3.05) is 0 Å². The fourth-order valence-electron chi connectivity index (χ4n) is 3.03. The van der Waals surface area contributed by atoms with Crippen LogP contribution in [0.15, 0.2) is 63.5 Å². The van der Waals surface area contributed by atoms with Gasteiger partial charge >= 0.3 is 11.7 Å². The molecule has 1 aromatic carbocycles. The SMILES string of the molecule is Cn1c(COC(=O)Cc2sc(-c3ccccc3)nc2-c2cccs2)cc(=O)n(C)c1=O. The summed E-state index contributed by atoms with van der Waals surface area (Å²) in [6.07, 6.45) is 0.0521. The van der Waals surface area contributed by atoms with Crippen molar-refractivity contribution < 1.29 is 9.53 Å². The van der Waals surface area contributed by atoms with E-state index in [2.05, 4.69) is 0 Å². The van der Waals surface area contributed by atoms with Gasteiger partial charge in [0.25, 0.3) is 5.56 Å². The first-order chi connectivity index (χ1) is 14.9. The quantitative estimate of drug-likeness (QED) is 0.419. The molecular formula is C22H19N3O4S2. The first kappa shape index (κ1) is 21.0. The van der Waals surface area contributed by atoms with Crippen molar-refractivity contribution in [3.8, 4) is 21.1 Å². The Hall–Kier alpha value is -3.30. The van der Waals surface area contributed by atoms with Crippen LogP contribution in [0.1, 0.15) is 10.6 Å². The van der Waals surface area contributed by atoms with Gasteiger partial charge < -0.3 is 4.74 Å². The molecule has 0 saturated heterocycles. The van der Waals surface area contributed by atoms with Crippen molar-refractivity contribution in [3.05, 3.63) is 85.3 Å². The molecule has 31 heavy (non-hydrogen) atoms. The van der Waals surface area contributed by atoms with E-state index in [1.54, 1.807) is 11.3 Å². The minimum atomic E-state index is -0.464. The highest BCUT2D eigenvalue weighted by Gasteiger charge is 2.19. The Kier molecular flexibility index (Phi) is 5.97. The highest BCUT2D eigenvalue weighted by molar-refractivity contribution is 7.17. The monoisotopic (exact) mass is 453 g/mol. The van der Waals surface area contributed by atoms with E-state index in [0.717, 1.165) is 30.6 Å². The molecule has 0 amide bonds. The van der Waals surface area contributed by atoms with Crippen LogP contribution < -0.4 is 11.2 Å². The molecule has 0 unspecified atom stereocenters. The van der Waals surface area contributed by atoms with Gasteiger partial charge in [0.1, 0.15) is 11.6 Å². The van der Waals surface area contributed by atoms with Crippen LogP contribution in [0.4, 0.5) is 0 Å². The van der Waals surface area contributed by atoms with Crippen molar-refractivity contribution in [2.24, 2.45) is 14.1 Å². The Morgan fingerprint density at radius 2 is 1.84 bits per heavy atom. The number of nitrogens with zero attached hydrogens (tertiary/aromatic N) is 3. The summed E-state index contributed by atoms with van der Waals surface area (Å²) in [5.74, 6) is -0.450. The molecule has 0 aliphatic heterocycles. The van der Waals surface area contributed by atoms with E-state index in [-0.39, 0.29) is 13.0 Å². The number of aromatic nitrogens is 3. The Labute approximate surface area is 185 Å². The van der Waals surface area contributed by atoms with Crippen LogP contribution in [-0.2, 0) is 36.7 Å². The summed E-state index contributed by atoms with van der Waals surface area (Å²) in [6, 6.07) is 15.0. The molecular weight excluding hydrogens is 434 g/mol. The standard InChI is InChI=1S/C22H19N3O4S2/c1-24-15(11-18(26)25(2)22(24)28)13-29-19(27)12-17-20(16-9-6-10-30-16)23-21(31-17)14-7-4-3-5-8-14/h3-11H,12-13H2,1-2H3. The number of hydrogen-bond acceptors (Lipinski definition) is 7. The molecule has 3 heterocycles. The van der Waals surface area contributed by atoms with Gasteiger partial charge in [-0.2, -0.15) is 0 Å². The maximum absolute atomic E-state index is 12.6. The second kappa shape index (κ2) is 8.83. The van der Waals surface area contributed by atoms with Crippen LogP contribution >= 0.6 is 22.7 Å². The average molecular weight is 454 g/mol. The van der Waals surface area contributed by atoms with Crippen LogP contribution in [0.3, 0.4) is 0 Å². The Morgan fingerprint density at radius 1 is 1.06 bits per heavy atom. The zero-order valence-electron chi connectivity index (χ0n) is 16.9. The molecule has 0 fully saturated rings. The number of rotatable bonds is 6. The number of ether oxygens (including phenoxy) is 1. The summed E-state index contributed by atoms with van der Waals surface area (Å²) in [5.41, 5.74) is 1.20. The molecule has 0 aliphatic carbocycles. The van der Waals surface area contributed by atoms with Gasteiger partial charge in [-0.1, -0.05) is 36.4 Å². The van der Waals surface area contributed by atoms with Gasteiger partial charge in [-0.05, 0) is 11.4 Å². The summed E-state index contributed by atoms with van der Waals surface area (Å²) in [4.78, 5) is 43.1. The van der Waals surface area contributed by atoms with E-state index in [1.165, 1.54) is 36.1 Å². The Balaban J connectivity index is 1.56. The van der Waals surface area contributed by atoms with E-state index in [1.807, 2.05) is 47.8 Å².